The minimum atomic E-state index is -0.860. The van der Waals surface area contributed by atoms with Crippen molar-refractivity contribution in [2.75, 3.05) is 7.05 Å². The van der Waals surface area contributed by atoms with Crippen LogP contribution in [0.15, 0.2) is 29.6 Å². The summed E-state index contributed by atoms with van der Waals surface area (Å²) in [5.74, 6) is -1.14. The molecular weight excluding hydrogens is 279 g/mol. The molecule has 1 heterocycles. The molecule has 20 heavy (non-hydrogen) atoms. The SMILES string of the molecule is CC(C(=O)O)N(C)Cc1csc(-c2ccc(F)cc2)n1. The van der Waals surface area contributed by atoms with Crippen LogP contribution in [0.4, 0.5) is 4.39 Å². The molecule has 6 heteroatoms. The molecule has 1 aromatic carbocycles. The molecule has 1 aromatic heterocycles. The molecule has 4 nitrogen and oxygen atoms in total. The van der Waals surface area contributed by atoms with E-state index in [4.69, 9.17) is 5.11 Å². The van der Waals surface area contributed by atoms with E-state index in [1.165, 1.54) is 23.5 Å². The molecular formula is C14H15FN2O2S. The molecule has 2 aromatic rings. The number of carbonyl (C=O) groups is 1. The maximum absolute atomic E-state index is 12.9. The van der Waals surface area contributed by atoms with Crippen molar-refractivity contribution in [3.05, 3.63) is 41.2 Å². The number of likely N-dealkylation sites (N-methyl/N-ethyl adjacent to an activating group) is 1. The average molecular weight is 294 g/mol. The molecule has 0 fully saturated rings. The quantitative estimate of drug-likeness (QED) is 0.921. The lowest BCUT2D eigenvalue weighted by Crippen LogP contribution is -2.35. The predicted octanol–water partition coefficient (Wildman–Crippen LogP) is 2.85. The Kier molecular flexibility index (Phi) is 4.46. The third kappa shape index (κ3) is 3.40. The molecule has 0 aliphatic rings. The summed E-state index contributed by atoms with van der Waals surface area (Å²) < 4.78 is 12.9. The standard InChI is InChI=1S/C14H15FN2O2S/c1-9(14(18)19)17(2)7-12-8-20-13(16-12)10-3-5-11(15)6-4-10/h3-6,8-9H,7H2,1-2H3,(H,18,19). The minimum absolute atomic E-state index is 0.277. The third-order valence-electron chi connectivity index (χ3n) is 3.07. The van der Waals surface area contributed by atoms with Crippen molar-refractivity contribution in [1.82, 2.24) is 9.88 Å². The number of halogens is 1. The normalized spacial score (nSPS) is 12.6. The van der Waals surface area contributed by atoms with Crippen LogP contribution in [-0.2, 0) is 11.3 Å². The first-order chi connectivity index (χ1) is 9.47. The Balaban J connectivity index is 2.09. The van der Waals surface area contributed by atoms with Gasteiger partial charge in [-0.05, 0) is 38.2 Å². The first-order valence-electron chi connectivity index (χ1n) is 6.11. The molecule has 1 atom stereocenters. The molecule has 0 aliphatic carbocycles. The summed E-state index contributed by atoms with van der Waals surface area (Å²) >= 11 is 1.46. The molecule has 2 rings (SSSR count). The first-order valence-corrected chi connectivity index (χ1v) is 6.98. The Bertz CT molecular complexity index is 597. The summed E-state index contributed by atoms with van der Waals surface area (Å²) in [5, 5.41) is 11.6. The van der Waals surface area contributed by atoms with E-state index in [1.807, 2.05) is 5.38 Å². The van der Waals surface area contributed by atoms with Crippen molar-refractivity contribution < 1.29 is 14.3 Å². The molecule has 0 amide bonds. The van der Waals surface area contributed by atoms with E-state index in [1.54, 1.807) is 31.0 Å². The van der Waals surface area contributed by atoms with Crippen LogP contribution < -0.4 is 0 Å². The smallest absolute Gasteiger partial charge is 0.320 e. The molecule has 0 aliphatic heterocycles. The van der Waals surface area contributed by atoms with Crippen LogP contribution in [0.5, 0.6) is 0 Å². The van der Waals surface area contributed by atoms with E-state index in [9.17, 15) is 9.18 Å². The Morgan fingerprint density at radius 3 is 2.70 bits per heavy atom. The van der Waals surface area contributed by atoms with Gasteiger partial charge in [-0.2, -0.15) is 0 Å². The van der Waals surface area contributed by atoms with Gasteiger partial charge < -0.3 is 5.11 Å². The maximum atomic E-state index is 12.9. The molecule has 0 radical (unpaired) electrons. The van der Waals surface area contributed by atoms with Crippen molar-refractivity contribution in [1.29, 1.82) is 0 Å². The molecule has 0 saturated heterocycles. The topological polar surface area (TPSA) is 53.4 Å². The summed E-state index contributed by atoms with van der Waals surface area (Å²) in [5.41, 5.74) is 1.67. The Morgan fingerprint density at radius 2 is 2.10 bits per heavy atom. The van der Waals surface area contributed by atoms with Gasteiger partial charge in [0.15, 0.2) is 0 Å². The van der Waals surface area contributed by atoms with Gasteiger partial charge >= 0.3 is 5.97 Å². The molecule has 106 valence electrons. The fraction of sp³-hybridized carbons (Fsp3) is 0.286. The highest BCUT2D eigenvalue weighted by molar-refractivity contribution is 7.13. The lowest BCUT2D eigenvalue weighted by molar-refractivity contribution is -0.142. The van der Waals surface area contributed by atoms with Crippen LogP contribution in [0.1, 0.15) is 12.6 Å². The van der Waals surface area contributed by atoms with Gasteiger partial charge in [0.05, 0.1) is 5.69 Å². The van der Waals surface area contributed by atoms with Crippen molar-refractivity contribution in [3.8, 4) is 10.6 Å². The van der Waals surface area contributed by atoms with E-state index < -0.39 is 12.0 Å². The maximum Gasteiger partial charge on any atom is 0.320 e. The van der Waals surface area contributed by atoms with E-state index in [0.717, 1.165) is 16.3 Å². The lowest BCUT2D eigenvalue weighted by atomic mass is 10.2. The Labute approximate surface area is 120 Å². The van der Waals surface area contributed by atoms with Crippen LogP contribution in [0.25, 0.3) is 10.6 Å². The van der Waals surface area contributed by atoms with Gasteiger partial charge in [-0.15, -0.1) is 11.3 Å². The van der Waals surface area contributed by atoms with Gasteiger partial charge in [0.2, 0.25) is 0 Å². The van der Waals surface area contributed by atoms with Gasteiger partial charge in [0.25, 0.3) is 0 Å². The number of carboxylic acids is 1. The number of rotatable bonds is 5. The fourth-order valence-corrected chi connectivity index (χ4v) is 2.50. The van der Waals surface area contributed by atoms with E-state index in [2.05, 4.69) is 4.98 Å². The second-order valence-electron chi connectivity index (χ2n) is 4.58. The van der Waals surface area contributed by atoms with Crippen LogP contribution in [-0.4, -0.2) is 34.0 Å². The van der Waals surface area contributed by atoms with Crippen molar-refractivity contribution in [2.45, 2.75) is 19.5 Å². The number of carboxylic acid groups (broad SMARTS) is 1. The predicted molar refractivity (Wildman–Crippen MR) is 76.1 cm³/mol. The second kappa shape index (κ2) is 6.11. The minimum Gasteiger partial charge on any atom is -0.480 e. The number of benzene rings is 1. The molecule has 1 N–H and O–H groups in total. The zero-order chi connectivity index (χ0) is 14.7. The molecule has 0 bridgehead atoms. The number of nitrogens with zero attached hydrogens (tertiary/aromatic N) is 2. The van der Waals surface area contributed by atoms with E-state index in [-0.39, 0.29) is 5.82 Å². The summed E-state index contributed by atoms with van der Waals surface area (Å²) in [6.45, 7) is 2.10. The molecule has 1 unspecified atom stereocenters. The average Bonchev–Trinajstić information content (AvgIpc) is 2.87. The highest BCUT2D eigenvalue weighted by atomic mass is 32.1. The summed E-state index contributed by atoms with van der Waals surface area (Å²) in [6.07, 6.45) is 0. The monoisotopic (exact) mass is 294 g/mol. The van der Waals surface area contributed by atoms with Crippen molar-refractivity contribution >= 4 is 17.3 Å². The summed E-state index contributed by atoms with van der Waals surface area (Å²) in [6, 6.07) is 5.60. The number of aromatic nitrogens is 1. The van der Waals surface area contributed by atoms with Gasteiger partial charge in [-0.1, -0.05) is 0 Å². The van der Waals surface area contributed by atoms with Crippen LogP contribution in [0.3, 0.4) is 0 Å². The molecule has 0 spiro atoms. The van der Waals surface area contributed by atoms with Gasteiger partial charge in [0.1, 0.15) is 16.9 Å². The van der Waals surface area contributed by atoms with Crippen molar-refractivity contribution in [3.63, 3.8) is 0 Å². The summed E-state index contributed by atoms with van der Waals surface area (Å²) in [7, 11) is 1.75. The Morgan fingerprint density at radius 1 is 1.45 bits per heavy atom. The number of thiazole rings is 1. The van der Waals surface area contributed by atoms with Gasteiger partial charge in [0, 0.05) is 17.5 Å². The lowest BCUT2D eigenvalue weighted by Gasteiger charge is -2.19. The third-order valence-corrected chi connectivity index (χ3v) is 4.01. The highest BCUT2D eigenvalue weighted by Crippen LogP contribution is 2.24. The number of hydrogen-bond donors (Lipinski definition) is 1. The molecule has 0 saturated carbocycles. The van der Waals surface area contributed by atoms with Gasteiger partial charge in [-0.3, -0.25) is 9.69 Å². The highest BCUT2D eigenvalue weighted by Gasteiger charge is 2.17. The van der Waals surface area contributed by atoms with Gasteiger partial charge in [-0.25, -0.2) is 9.37 Å². The van der Waals surface area contributed by atoms with Crippen LogP contribution in [0, 0.1) is 5.82 Å². The van der Waals surface area contributed by atoms with Crippen LogP contribution in [0.2, 0.25) is 0 Å². The Hall–Kier alpha value is -1.79. The zero-order valence-electron chi connectivity index (χ0n) is 11.2. The summed E-state index contributed by atoms with van der Waals surface area (Å²) in [4.78, 5) is 17.1. The van der Waals surface area contributed by atoms with E-state index in [0.29, 0.717) is 6.54 Å². The second-order valence-corrected chi connectivity index (χ2v) is 5.44. The van der Waals surface area contributed by atoms with E-state index >= 15 is 0 Å². The van der Waals surface area contributed by atoms with Crippen molar-refractivity contribution in [2.24, 2.45) is 0 Å². The van der Waals surface area contributed by atoms with Crippen LogP contribution >= 0.6 is 11.3 Å². The number of aliphatic carboxylic acids is 1. The first kappa shape index (κ1) is 14.6. The number of hydrogen-bond acceptors (Lipinski definition) is 4. The fourth-order valence-electron chi connectivity index (χ4n) is 1.69. The zero-order valence-corrected chi connectivity index (χ0v) is 12.0. The largest absolute Gasteiger partial charge is 0.480 e.